The molecule has 0 saturated carbocycles. The van der Waals surface area contributed by atoms with Crippen LogP contribution in [0.1, 0.15) is 13.8 Å². The molecular weight excluding hydrogens is 492 g/mol. The molecular formula is C36H28N2O2. The van der Waals surface area contributed by atoms with E-state index >= 15 is 0 Å². The van der Waals surface area contributed by atoms with Crippen LogP contribution in [0, 0.1) is 0 Å². The minimum atomic E-state index is -0.0130. The highest BCUT2D eigenvalue weighted by Crippen LogP contribution is 2.34. The normalized spacial score (nSPS) is 11.7. The van der Waals surface area contributed by atoms with Crippen LogP contribution in [-0.4, -0.2) is 9.13 Å². The van der Waals surface area contributed by atoms with Crippen LogP contribution in [0.5, 0.6) is 0 Å². The van der Waals surface area contributed by atoms with Crippen LogP contribution in [-0.2, 0) is 13.1 Å². The number of aromatic nitrogens is 2. The van der Waals surface area contributed by atoms with Gasteiger partial charge in [-0.15, -0.1) is 0 Å². The summed E-state index contributed by atoms with van der Waals surface area (Å²) < 4.78 is 4.38. The van der Waals surface area contributed by atoms with Crippen molar-refractivity contribution >= 4 is 43.6 Å². The van der Waals surface area contributed by atoms with Gasteiger partial charge in [-0.2, -0.15) is 0 Å². The molecule has 2 heterocycles. The first-order chi connectivity index (χ1) is 19.6. The molecule has 5 aromatic carbocycles. The molecule has 0 spiro atoms. The van der Waals surface area contributed by atoms with Crippen LogP contribution in [0.25, 0.3) is 65.9 Å². The topological polar surface area (TPSA) is 44.0 Å². The molecule has 0 amide bonds. The molecule has 2 aromatic heterocycles. The van der Waals surface area contributed by atoms with Gasteiger partial charge in [0.25, 0.3) is 0 Å². The van der Waals surface area contributed by atoms with Crippen molar-refractivity contribution in [3.05, 3.63) is 130 Å². The van der Waals surface area contributed by atoms with E-state index in [0.29, 0.717) is 34.6 Å². The van der Waals surface area contributed by atoms with Gasteiger partial charge in [0.05, 0.1) is 22.1 Å². The van der Waals surface area contributed by atoms with Crippen molar-refractivity contribution in [3.63, 3.8) is 0 Å². The van der Waals surface area contributed by atoms with Gasteiger partial charge >= 0.3 is 0 Å². The van der Waals surface area contributed by atoms with Crippen molar-refractivity contribution in [3.8, 4) is 22.3 Å². The number of rotatable bonds is 4. The predicted octanol–water partition coefficient (Wildman–Crippen LogP) is 8.00. The van der Waals surface area contributed by atoms with Crippen LogP contribution >= 0.6 is 0 Å². The Morgan fingerprint density at radius 2 is 0.875 bits per heavy atom. The molecule has 0 aliphatic rings. The lowest BCUT2D eigenvalue weighted by Crippen LogP contribution is -2.15. The van der Waals surface area contributed by atoms with Crippen LogP contribution in [0.15, 0.2) is 119 Å². The molecule has 7 rings (SSSR count). The van der Waals surface area contributed by atoms with Crippen LogP contribution in [0.3, 0.4) is 0 Å². The smallest absolute Gasteiger partial charge is 0.197 e. The van der Waals surface area contributed by atoms with E-state index in [2.05, 4.69) is 59.4 Å². The number of pyridine rings is 2. The maximum atomic E-state index is 14.1. The zero-order valence-corrected chi connectivity index (χ0v) is 22.5. The molecule has 0 aliphatic heterocycles. The van der Waals surface area contributed by atoms with Gasteiger partial charge in [0.15, 0.2) is 10.9 Å². The zero-order valence-electron chi connectivity index (χ0n) is 22.5. The number of para-hydroxylation sites is 2. The third-order valence-electron chi connectivity index (χ3n) is 8.09. The van der Waals surface area contributed by atoms with Gasteiger partial charge in [0, 0.05) is 45.8 Å². The van der Waals surface area contributed by atoms with Gasteiger partial charge in [-0.05, 0) is 49.2 Å². The average molecular weight is 521 g/mol. The number of nitrogens with zero attached hydrogens (tertiary/aromatic N) is 2. The van der Waals surface area contributed by atoms with Crippen molar-refractivity contribution in [1.29, 1.82) is 0 Å². The number of benzene rings is 5. The fourth-order valence-corrected chi connectivity index (χ4v) is 6.31. The SMILES string of the molecule is CCn1c2cc3c(=O)c4cccc(-c5ccccc5)c4n(CC)c3cc2c(=O)c2cccc(-c3ccccc3)c21. The monoisotopic (exact) mass is 520 g/mol. The summed E-state index contributed by atoms with van der Waals surface area (Å²) in [6.45, 7) is 5.51. The largest absolute Gasteiger partial charge is 0.340 e. The predicted molar refractivity (Wildman–Crippen MR) is 167 cm³/mol. The summed E-state index contributed by atoms with van der Waals surface area (Å²) in [5.41, 5.74) is 7.48. The lowest BCUT2D eigenvalue weighted by atomic mass is 9.97. The van der Waals surface area contributed by atoms with Crippen LogP contribution in [0.2, 0.25) is 0 Å². The maximum Gasteiger partial charge on any atom is 0.197 e. The highest BCUT2D eigenvalue weighted by molar-refractivity contribution is 6.07. The fourth-order valence-electron chi connectivity index (χ4n) is 6.31. The number of aryl methyl sites for hydroxylation is 2. The van der Waals surface area contributed by atoms with Gasteiger partial charge in [-0.1, -0.05) is 84.9 Å². The molecule has 0 unspecified atom stereocenters. The molecule has 0 N–H and O–H groups in total. The molecule has 0 aliphatic carbocycles. The van der Waals surface area contributed by atoms with Gasteiger partial charge in [-0.25, -0.2) is 0 Å². The summed E-state index contributed by atoms with van der Waals surface area (Å²) in [6.07, 6.45) is 0. The number of hydrogen-bond acceptors (Lipinski definition) is 2. The van der Waals surface area contributed by atoms with E-state index in [0.717, 1.165) is 44.3 Å². The zero-order chi connectivity index (χ0) is 27.4. The Labute approximate surface area is 231 Å². The second kappa shape index (κ2) is 9.35. The molecule has 0 saturated heterocycles. The molecule has 7 aromatic rings. The second-order valence-corrected chi connectivity index (χ2v) is 10.2. The summed E-state index contributed by atoms with van der Waals surface area (Å²) in [7, 11) is 0. The summed E-state index contributed by atoms with van der Waals surface area (Å²) >= 11 is 0. The van der Waals surface area contributed by atoms with Crippen molar-refractivity contribution in [2.75, 3.05) is 0 Å². The average Bonchev–Trinajstić information content (AvgIpc) is 3.01. The van der Waals surface area contributed by atoms with E-state index in [-0.39, 0.29) is 10.9 Å². The van der Waals surface area contributed by atoms with E-state index in [4.69, 9.17) is 0 Å². The van der Waals surface area contributed by atoms with Gasteiger partial charge in [-0.3, -0.25) is 9.59 Å². The molecule has 4 heteroatoms. The van der Waals surface area contributed by atoms with E-state index in [1.165, 1.54) is 0 Å². The van der Waals surface area contributed by atoms with Gasteiger partial charge in [0.1, 0.15) is 0 Å². The second-order valence-electron chi connectivity index (χ2n) is 10.2. The lowest BCUT2D eigenvalue weighted by molar-refractivity contribution is 0.817. The van der Waals surface area contributed by atoms with Crippen molar-refractivity contribution < 1.29 is 0 Å². The maximum absolute atomic E-state index is 14.1. The lowest BCUT2D eigenvalue weighted by Gasteiger charge is -2.20. The molecule has 0 radical (unpaired) electrons. The summed E-state index contributed by atoms with van der Waals surface area (Å²) in [6, 6.07) is 36.1. The first-order valence-corrected chi connectivity index (χ1v) is 13.8. The van der Waals surface area contributed by atoms with E-state index in [1.54, 1.807) is 0 Å². The first kappa shape index (κ1) is 24.1. The van der Waals surface area contributed by atoms with Gasteiger partial charge in [0.2, 0.25) is 0 Å². The molecule has 0 bridgehead atoms. The molecule has 40 heavy (non-hydrogen) atoms. The van der Waals surface area contributed by atoms with E-state index in [9.17, 15) is 9.59 Å². The molecule has 0 fully saturated rings. The van der Waals surface area contributed by atoms with Crippen LogP contribution < -0.4 is 10.9 Å². The minimum Gasteiger partial charge on any atom is -0.340 e. The Bertz CT molecular complexity index is 2050. The van der Waals surface area contributed by atoms with E-state index in [1.807, 2.05) is 72.8 Å². The van der Waals surface area contributed by atoms with E-state index < -0.39 is 0 Å². The standard InChI is InChI=1S/C36H28N2O2/c1-3-37-31-21-30-32(22-29(31)35(39)27-19-11-17-25(33(27)37)23-13-7-5-8-14-23)38(4-2)34-26(24-15-9-6-10-16-24)18-12-20-28(34)36(30)40/h5-22H,3-4H2,1-2H3. The van der Waals surface area contributed by atoms with Crippen LogP contribution in [0.4, 0.5) is 0 Å². The summed E-state index contributed by atoms with van der Waals surface area (Å²) in [4.78, 5) is 28.2. The third kappa shape index (κ3) is 3.46. The van der Waals surface area contributed by atoms with Gasteiger partial charge < -0.3 is 9.13 Å². The Hall–Kier alpha value is -4.96. The summed E-state index contributed by atoms with van der Waals surface area (Å²) in [5.74, 6) is 0. The third-order valence-corrected chi connectivity index (χ3v) is 8.09. The number of hydrogen-bond donors (Lipinski definition) is 0. The quantitative estimate of drug-likeness (QED) is 0.221. The fraction of sp³-hybridized carbons (Fsp3) is 0.111. The molecule has 0 atom stereocenters. The number of fused-ring (bicyclic) bond motifs is 4. The Morgan fingerprint density at radius 3 is 1.25 bits per heavy atom. The molecule has 194 valence electrons. The van der Waals surface area contributed by atoms with Crippen molar-refractivity contribution in [1.82, 2.24) is 9.13 Å². The highest BCUT2D eigenvalue weighted by atomic mass is 16.1. The Balaban J connectivity index is 1.67. The van der Waals surface area contributed by atoms with Crippen molar-refractivity contribution in [2.24, 2.45) is 0 Å². The highest BCUT2D eigenvalue weighted by Gasteiger charge is 2.19. The first-order valence-electron chi connectivity index (χ1n) is 13.8. The summed E-state index contributed by atoms with van der Waals surface area (Å²) in [5, 5.41) is 2.63. The Kier molecular flexibility index (Phi) is 5.64. The Morgan fingerprint density at radius 1 is 0.475 bits per heavy atom. The van der Waals surface area contributed by atoms with Crippen molar-refractivity contribution in [2.45, 2.75) is 26.9 Å². The molecule has 4 nitrogen and oxygen atoms in total. The minimum absolute atomic E-state index is 0.0130.